The van der Waals surface area contributed by atoms with Crippen LogP contribution in [-0.2, 0) is 15.7 Å². The maximum Gasteiger partial charge on any atom is 0.418 e. The second kappa shape index (κ2) is 7.94. The number of hydrogen-bond donors (Lipinski definition) is 2. The molecule has 0 spiro atoms. The second-order valence-electron chi connectivity index (χ2n) is 5.57. The van der Waals surface area contributed by atoms with Crippen LogP contribution in [0.1, 0.15) is 22.8 Å². The number of carbonyl (C=O) groups is 2. The van der Waals surface area contributed by atoms with Crippen molar-refractivity contribution in [2.24, 2.45) is 0 Å². The summed E-state index contributed by atoms with van der Waals surface area (Å²) in [7, 11) is 0. The number of nitrogens with one attached hydrogen (secondary N) is 1. The van der Waals surface area contributed by atoms with Crippen LogP contribution in [0.5, 0.6) is 5.75 Å². The third-order valence-electron chi connectivity index (χ3n) is 3.51. The number of nitro benzene ring substituents is 1. The Morgan fingerprint density at radius 1 is 1.21 bits per heavy atom. The number of carbonyl (C=O) groups excluding carboxylic acids is 2. The Hall–Kier alpha value is -3.63. The van der Waals surface area contributed by atoms with Crippen LogP contribution in [-0.4, -0.2) is 28.0 Å². The predicted molar refractivity (Wildman–Crippen MR) is 89.7 cm³/mol. The topological polar surface area (TPSA) is 119 Å². The van der Waals surface area contributed by atoms with E-state index in [2.05, 4.69) is 0 Å². The number of amides is 1. The van der Waals surface area contributed by atoms with E-state index in [4.69, 9.17) is 4.74 Å². The molecule has 0 aromatic heterocycles. The molecule has 0 aliphatic rings. The molecule has 2 N–H and O–H groups in total. The van der Waals surface area contributed by atoms with E-state index in [9.17, 15) is 38.0 Å². The summed E-state index contributed by atoms with van der Waals surface area (Å²) in [6.07, 6.45) is -6.44. The standard InChI is InChI=1S/C17H13F3N2O6/c1-9(28-16(25)10-3-2-4-12(23)7-10)15(24)21-14-6-5-11(22(26)27)8-13(14)17(18,19)20/h2-9,23H,1H3,(H,21,24)/t9-/m0/s1. The van der Waals surface area contributed by atoms with E-state index in [0.717, 1.165) is 25.1 Å². The quantitative estimate of drug-likeness (QED) is 0.452. The predicted octanol–water partition coefficient (Wildman–Crippen LogP) is 3.50. The van der Waals surface area contributed by atoms with Gasteiger partial charge >= 0.3 is 12.1 Å². The Balaban J connectivity index is 2.17. The number of benzene rings is 2. The fraction of sp³-hybridized carbons (Fsp3) is 0.176. The molecular formula is C17H13F3N2O6. The molecule has 0 radical (unpaired) electrons. The van der Waals surface area contributed by atoms with Crippen molar-refractivity contribution in [3.8, 4) is 5.75 Å². The van der Waals surface area contributed by atoms with Crippen LogP contribution in [0.3, 0.4) is 0 Å². The maximum absolute atomic E-state index is 13.1. The third-order valence-corrected chi connectivity index (χ3v) is 3.51. The van der Waals surface area contributed by atoms with Gasteiger partial charge in [0.2, 0.25) is 0 Å². The summed E-state index contributed by atoms with van der Waals surface area (Å²) in [5.41, 5.74) is -3.00. The van der Waals surface area contributed by atoms with Crippen LogP contribution in [0.25, 0.3) is 0 Å². The molecule has 0 unspecified atom stereocenters. The van der Waals surface area contributed by atoms with E-state index in [1.807, 2.05) is 5.32 Å². The fourth-order valence-corrected chi connectivity index (χ4v) is 2.14. The van der Waals surface area contributed by atoms with Crippen LogP contribution in [0, 0.1) is 10.1 Å². The van der Waals surface area contributed by atoms with Gasteiger partial charge in [-0.2, -0.15) is 13.2 Å². The van der Waals surface area contributed by atoms with E-state index >= 15 is 0 Å². The number of anilines is 1. The van der Waals surface area contributed by atoms with Gasteiger partial charge in [0.05, 0.1) is 21.7 Å². The van der Waals surface area contributed by atoms with Crippen molar-refractivity contribution < 1.29 is 37.5 Å². The zero-order chi connectivity index (χ0) is 21.1. The van der Waals surface area contributed by atoms with Crippen LogP contribution in [0.15, 0.2) is 42.5 Å². The van der Waals surface area contributed by atoms with Gasteiger partial charge in [-0.1, -0.05) is 6.07 Å². The fourth-order valence-electron chi connectivity index (χ4n) is 2.14. The molecule has 8 nitrogen and oxygen atoms in total. The molecule has 2 aromatic carbocycles. The largest absolute Gasteiger partial charge is 0.508 e. The summed E-state index contributed by atoms with van der Waals surface area (Å²) < 4.78 is 44.3. The molecular weight excluding hydrogens is 385 g/mol. The molecule has 0 bridgehead atoms. The Kier molecular flexibility index (Phi) is 5.87. The van der Waals surface area contributed by atoms with Gasteiger partial charge in [0.25, 0.3) is 11.6 Å². The van der Waals surface area contributed by atoms with E-state index < -0.39 is 46.0 Å². The number of non-ortho nitro benzene ring substituents is 1. The molecule has 1 atom stereocenters. The van der Waals surface area contributed by atoms with E-state index in [1.165, 1.54) is 18.2 Å². The van der Waals surface area contributed by atoms with E-state index in [0.29, 0.717) is 6.07 Å². The Labute approximate surface area is 155 Å². The lowest BCUT2D eigenvalue weighted by Gasteiger charge is -2.17. The summed E-state index contributed by atoms with van der Waals surface area (Å²) in [5.74, 6) is -2.27. The average Bonchev–Trinajstić information content (AvgIpc) is 2.60. The summed E-state index contributed by atoms with van der Waals surface area (Å²) in [4.78, 5) is 33.7. The number of nitro groups is 1. The molecule has 1 amide bonds. The van der Waals surface area contributed by atoms with Crippen molar-refractivity contribution in [1.82, 2.24) is 0 Å². The highest BCUT2D eigenvalue weighted by Crippen LogP contribution is 2.37. The number of ether oxygens (including phenoxy) is 1. The van der Waals surface area contributed by atoms with Crippen molar-refractivity contribution in [3.63, 3.8) is 0 Å². The first-order chi connectivity index (χ1) is 13.0. The Bertz CT molecular complexity index is 929. The monoisotopic (exact) mass is 398 g/mol. The number of alkyl halides is 3. The highest BCUT2D eigenvalue weighted by molar-refractivity contribution is 5.98. The lowest BCUT2D eigenvalue weighted by Crippen LogP contribution is -2.30. The number of hydrogen-bond acceptors (Lipinski definition) is 6. The molecule has 2 rings (SSSR count). The molecule has 148 valence electrons. The lowest BCUT2D eigenvalue weighted by molar-refractivity contribution is -0.385. The van der Waals surface area contributed by atoms with Crippen molar-refractivity contribution in [2.75, 3.05) is 5.32 Å². The van der Waals surface area contributed by atoms with Crippen LogP contribution >= 0.6 is 0 Å². The molecule has 0 aliphatic heterocycles. The van der Waals surface area contributed by atoms with Crippen LogP contribution < -0.4 is 5.32 Å². The van der Waals surface area contributed by atoms with Gasteiger partial charge in [-0.25, -0.2) is 4.79 Å². The van der Waals surface area contributed by atoms with Gasteiger partial charge in [0.1, 0.15) is 5.75 Å². The first kappa shape index (κ1) is 20.7. The number of phenols is 1. The molecule has 0 saturated carbocycles. The van der Waals surface area contributed by atoms with Crippen LogP contribution in [0.2, 0.25) is 0 Å². The van der Waals surface area contributed by atoms with E-state index in [-0.39, 0.29) is 11.3 Å². The molecule has 0 fully saturated rings. The minimum atomic E-state index is -4.96. The molecule has 2 aromatic rings. The highest BCUT2D eigenvalue weighted by atomic mass is 19.4. The van der Waals surface area contributed by atoms with Gasteiger partial charge < -0.3 is 15.2 Å². The van der Waals surface area contributed by atoms with Gasteiger partial charge in [-0.05, 0) is 31.2 Å². The molecule has 0 saturated heterocycles. The maximum atomic E-state index is 13.1. The first-order valence-electron chi connectivity index (χ1n) is 7.65. The van der Waals surface area contributed by atoms with Crippen molar-refractivity contribution in [3.05, 3.63) is 63.7 Å². The number of rotatable bonds is 5. The summed E-state index contributed by atoms with van der Waals surface area (Å²) in [6.45, 7) is 1.13. The lowest BCUT2D eigenvalue weighted by atomic mass is 10.1. The normalized spacial score (nSPS) is 12.1. The Morgan fingerprint density at radius 2 is 1.89 bits per heavy atom. The number of aromatic hydroxyl groups is 1. The first-order valence-corrected chi connectivity index (χ1v) is 7.65. The smallest absolute Gasteiger partial charge is 0.418 e. The Morgan fingerprint density at radius 3 is 2.46 bits per heavy atom. The third kappa shape index (κ3) is 4.96. The number of phenolic OH excluding ortho intramolecular Hbond substituents is 1. The number of esters is 1. The van der Waals surface area contributed by atoms with Crippen molar-refractivity contribution in [2.45, 2.75) is 19.2 Å². The summed E-state index contributed by atoms with van der Waals surface area (Å²) in [5, 5.41) is 21.9. The molecule has 28 heavy (non-hydrogen) atoms. The molecule has 0 heterocycles. The van der Waals surface area contributed by atoms with Gasteiger partial charge in [0.15, 0.2) is 6.10 Å². The van der Waals surface area contributed by atoms with Crippen molar-refractivity contribution in [1.29, 1.82) is 0 Å². The zero-order valence-corrected chi connectivity index (χ0v) is 14.2. The number of nitrogens with zero attached hydrogens (tertiary/aromatic N) is 1. The summed E-state index contributed by atoms with van der Waals surface area (Å²) in [6, 6.07) is 6.90. The second-order valence-corrected chi connectivity index (χ2v) is 5.57. The highest BCUT2D eigenvalue weighted by Gasteiger charge is 2.36. The summed E-state index contributed by atoms with van der Waals surface area (Å²) >= 11 is 0. The van der Waals surface area contributed by atoms with Crippen LogP contribution in [0.4, 0.5) is 24.5 Å². The minimum Gasteiger partial charge on any atom is -0.508 e. The average molecular weight is 398 g/mol. The van der Waals surface area contributed by atoms with Gasteiger partial charge in [-0.15, -0.1) is 0 Å². The van der Waals surface area contributed by atoms with Crippen molar-refractivity contribution >= 4 is 23.3 Å². The minimum absolute atomic E-state index is 0.0639. The van der Waals surface area contributed by atoms with Gasteiger partial charge in [-0.3, -0.25) is 14.9 Å². The van der Waals surface area contributed by atoms with E-state index in [1.54, 1.807) is 0 Å². The molecule has 0 aliphatic carbocycles. The zero-order valence-electron chi connectivity index (χ0n) is 14.2. The molecule has 11 heteroatoms. The van der Waals surface area contributed by atoms with Gasteiger partial charge in [0, 0.05) is 12.1 Å². The SMILES string of the molecule is C[C@H](OC(=O)c1cccc(O)c1)C(=O)Nc1ccc([N+](=O)[O-])cc1C(F)(F)F. The number of halogens is 3.